The highest BCUT2D eigenvalue weighted by atomic mass is 16.8. The Bertz CT molecular complexity index is 1850. The summed E-state index contributed by atoms with van der Waals surface area (Å²) >= 11 is 0. The molecule has 0 aliphatic carbocycles. The summed E-state index contributed by atoms with van der Waals surface area (Å²) in [6.07, 6.45) is -67.3. The topological polar surface area (TPSA) is 538 Å². The van der Waals surface area contributed by atoms with Gasteiger partial charge in [0.15, 0.2) is 44.0 Å². The molecule has 0 spiro atoms. The van der Waals surface area contributed by atoms with E-state index in [9.17, 15) is 97.0 Å². The van der Waals surface area contributed by atoms with Crippen LogP contribution in [0.2, 0.25) is 0 Å². The number of nitrogens with one attached hydrogen (secondary N) is 2. The third-order valence-electron chi connectivity index (χ3n) is 15.0. The normalized spacial score (nSPS) is 54.8. The molecule has 35 nitrogen and oxygen atoms in total. The maximum atomic E-state index is 11.5. The van der Waals surface area contributed by atoms with Crippen molar-refractivity contribution in [1.82, 2.24) is 10.6 Å². The number of hydrogen-bond acceptors (Lipinski definition) is 35. The van der Waals surface area contributed by atoms with E-state index in [0.717, 1.165) is 0 Å². The summed E-state index contributed by atoms with van der Waals surface area (Å²) in [6, 6.07) is 0. The summed E-state index contributed by atoms with van der Waals surface area (Å²) in [6.45, 7) is -5.23. The van der Waals surface area contributed by atoms with Crippen LogP contribution in [-0.2, 0) is 66.3 Å². The first-order valence-corrected chi connectivity index (χ1v) is 25.2. The lowest BCUT2D eigenvalue weighted by molar-refractivity contribution is -0.397. The van der Waals surface area contributed by atoms with Crippen LogP contribution >= 0.6 is 0 Å². The van der Waals surface area contributed by atoms with Crippen LogP contribution in [-0.4, -0.2) is 366 Å². The highest BCUT2D eigenvalue weighted by Gasteiger charge is 2.59. The molecule has 0 aromatic rings. The molecular formula is C43H74N2O33. The van der Waals surface area contributed by atoms with E-state index in [0.29, 0.717) is 0 Å². The van der Waals surface area contributed by atoms with Crippen molar-refractivity contribution in [2.24, 2.45) is 0 Å². The van der Waals surface area contributed by atoms with Crippen LogP contribution < -0.4 is 10.6 Å². The fourth-order valence-corrected chi connectivity index (χ4v) is 10.6. The molecule has 14 bridgehead atoms. The average Bonchev–Trinajstić information content (AvgIpc) is 3.44. The molecule has 0 saturated carbocycles. The van der Waals surface area contributed by atoms with E-state index >= 15 is 0 Å². The van der Waals surface area contributed by atoms with Crippen LogP contribution in [0.1, 0.15) is 0 Å². The molecule has 21 heterocycles. The van der Waals surface area contributed by atoms with Crippen molar-refractivity contribution in [1.29, 1.82) is 0 Å². The van der Waals surface area contributed by atoms with Crippen LogP contribution in [0.25, 0.3) is 0 Å². The molecule has 35 heteroatoms. The molecule has 0 aromatic carbocycles. The Morgan fingerprint density at radius 3 is 0.654 bits per heavy atom. The van der Waals surface area contributed by atoms with E-state index in [1.165, 1.54) is 14.1 Å². The molecule has 21 fully saturated rings. The van der Waals surface area contributed by atoms with Crippen LogP contribution in [0, 0.1) is 0 Å². The maximum absolute atomic E-state index is 11.5. The molecule has 0 radical (unpaired) electrons. The molecule has 21 rings (SSSR count). The largest absolute Gasteiger partial charge is 0.394 e. The minimum atomic E-state index is -2.17. The monoisotopic (exact) mass is 1150 g/mol. The van der Waals surface area contributed by atoms with Gasteiger partial charge in [-0.3, -0.25) is 5.32 Å². The zero-order chi connectivity index (χ0) is 56.8. The lowest BCUT2D eigenvalue weighted by Gasteiger charge is -2.50. The Hall–Kier alpha value is -1.40. The van der Waals surface area contributed by atoms with Crippen molar-refractivity contribution in [3.8, 4) is 0 Å². The Balaban J connectivity index is 1.08. The van der Waals surface area contributed by atoms with Crippen molar-refractivity contribution in [2.75, 3.05) is 53.7 Å². The molecule has 0 aromatic heterocycles. The standard InChI is InChI=1S/C43H74N2O33/c1-44-3-9-29-15(51)22(58)37(65-9)72-30-10(4-46)67-39(24(60)17(30)53)75-33-13(7-49)70-42(27(63)20(33)56)77-35-21(57)28(64)43(78-36(35)45-2)76-34-14(8-50)69-41(26(62)19(34)55)74-32-12(6-48)68-40(25(61)18(32)54)73-31-11(5-47)66-38(71-29)23(59)16(31)52/h9-64H,3-8H2,1-2H3. The highest BCUT2D eigenvalue weighted by molar-refractivity contribution is 5.01. The summed E-state index contributed by atoms with van der Waals surface area (Å²) in [4.78, 5) is 0. The summed E-state index contributed by atoms with van der Waals surface area (Å²) in [5.74, 6) is 0. The lowest BCUT2D eigenvalue weighted by Crippen LogP contribution is -2.69. The molecule has 35 atom stereocenters. The fraction of sp³-hybridized carbons (Fsp3) is 1.00. The second kappa shape index (κ2) is 26.7. The SMILES string of the molecule is CNCC1OC2OC3C(CO)OC(OC4C(CO)OC(OC5C(NC)OC(OC6C(CO)OC(OC7C(CO)OC(OC8C(CO)OC(OC1C(O)C2O)C(O)C8O)C(O)C7O)C(O)C6O)C(O)C5O)C(O)C4O)C(O)C3O. The first-order valence-electron chi connectivity index (χ1n) is 25.2. The summed E-state index contributed by atoms with van der Waals surface area (Å²) in [5, 5.41) is 217. The van der Waals surface area contributed by atoms with Crippen molar-refractivity contribution in [3.05, 3.63) is 0 Å². The number of aliphatic hydroxyl groups is 19. The van der Waals surface area contributed by atoms with Crippen LogP contribution in [0.15, 0.2) is 0 Å². The second-order valence-electron chi connectivity index (χ2n) is 20.0. The third kappa shape index (κ3) is 12.3. The smallest absolute Gasteiger partial charge is 0.188 e. The number of likely N-dealkylation sites (N-methyl/N-ethyl adjacent to an activating group) is 2. The predicted octanol–water partition coefficient (Wildman–Crippen LogP) is -14.8. The van der Waals surface area contributed by atoms with Gasteiger partial charge in [0.1, 0.15) is 171 Å². The first-order chi connectivity index (χ1) is 37.2. The first kappa shape index (κ1) is 62.6. The maximum Gasteiger partial charge on any atom is 0.188 e. The van der Waals surface area contributed by atoms with Gasteiger partial charge < -0.3 is 169 Å². The van der Waals surface area contributed by atoms with E-state index in [1.807, 2.05) is 0 Å². The Kier molecular flexibility index (Phi) is 21.4. The van der Waals surface area contributed by atoms with Gasteiger partial charge in [-0.25, -0.2) is 0 Å². The molecule has 21 aliphatic rings. The van der Waals surface area contributed by atoms with Gasteiger partial charge in [0.25, 0.3) is 0 Å². The number of ether oxygens (including phenoxy) is 14. The average molecular weight is 1150 g/mol. The Morgan fingerprint density at radius 2 is 0.436 bits per heavy atom. The van der Waals surface area contributed by atoms with E-state index in [2.05, 4.69) is 10.6 Å². The summed E-state index contributed by atoms with van der Waals surface area (Å²) < 4.78 is 81.0. The Morgan fingerprint density at radius 1 is 0.244 bits per heavy atom. The van der Waals surface area contributed by atoms with Crippen molar-refractivity contribution >= 4 is 0 Å². The van der Waals surface area contributed by atoms with E-state index < -0.39 is 248 Å². The van der Waals surface area contributed by atoms with Crippen LogP contribution in [0.4, 0.5) is 0 Å². The fourth-order valence-electron chi connectivity index (χ4n) is 10.6. The Labute approximate surface area is 442 Å². The molecule has 454 valence electrons. The third-order valence-corrected chi connectivity index (χ3v) is 15.0. The van der Waals surface area contributed by atoms with Gasteiger partial charge >= 0.3 is 0 Å². The quantitative estimate of drug-likeness (QED) is 0.107. The van der Waals surface area contributed by atoms with E-state index in [1.54, 1.807) is 0 Å². The van der Waals surface area contributed by atoms with Gasteiger partial charge in [0.2, 0.25) is 0 Å². The van der Waals surface area contributed by atoms with Gasteiger partial charge in [-0.2, -0.15) is 0 Å². The minimum absolute atomic E-state index is 0.219. The molecule has 0 amide bonds. The summed E-state index contributed by atoms with van der Waals surface area (Å²) in [5.41, 5.74) is 0. The molecule has 78 heavy (non-hydrogen) atoms. The van der Waals surface area contributed by atoms with Gasteiger partial charge in [-0.05, 0) is 14.1 Å². The van der Waals surface area contributed by atoms with Crippen molar-refractivity contribution in [2.45, 2.75) is 215 Å². The van der Waals surface area contributed by atoms with Gasteiger partial charge in [0.05, 0.1) is 33.0 Å². The minimum Gasteiger partial charge on any atom is -0.394 e. The van der Waals surface area contributed by atoms with Gasteiger partial charge in [0, 0.05) is 6.54 Å². The van der Waals surface area contributed by atoms with Crippen LogP contribution in [0.3, 0.4) is 0 Å². The van der Waals surface area contributed by atoms with Crippen molar-refractivity contribution < 1.29 is 163 Å². The highest BCUT2D eigenvalue weighted by Crippen LogP contribution is 2.38. The molecule has 21 saturated heterocycles. The lowest BCUT2D eigenvalue weighted by atomic mass is 9.95. The second-order valence-corrected chi connectivity index (χ2v) is 20.0. The number of hydrogen-bond donors (Lipinski definition) is 21. The number of aliphatic hydroxyl groups excluding tert-OH is 19. The zero-order valence-corrected chi connectivity index (χ0v) is 41.7. The summed E-state index contributed by atoms with van der Waals surface area (Å²) in [7, 11) is 2.74. The van der Waals surface area contributed by atoms with Crippen molar-refractivity contribution in [3.63, 3.8) is 0 Å². The van der Waals surface area contributed by atoms with Crippen LogP contribution in [0.5, 0.6) is 0 Å². The van der Waals surface area contributed by atoms with E-state index in [4.69, 9.17) is 66.3 Å². The predicted molar refractivity (Wildman–Crippen MR) is 237 cm³/mol. The number of rotatable bonds is 8. The molecule has 35 unspecified atom stereocenters. The van der Waals surface area contributed by atoms with Gasteiger partial charge in [-0.15, -0.1) is 0 Å². The molecule has 21 N–H and O–H groups in total. The molecular weight excluding hydrogens is 1070 g/mol. The van der Waals surface area contributed by atoms with E-state index in [-0.39, 0.29) is 6.54 Å². The van der Waals surface area contributed by atoms with Gasteiger partial charge in [-0.1, -0.05) is 0 Å². The zero-order valence-electron chi connectivity index (χ0n) is 41.7. The molecule has 21 aliphatic heterocycles.